The van der Waals surface area contributed by atoms with Gasteiger partial charge < -0.3 is 9.30 Å². The fourth-order valence-electron chi connectivity index (χ4n) is 3.52. The third-order valence-corrected chi connectivity index (χ3v) is 8.13. The molecular weight excluding hydrogens is 420 g/mol. The van der Waals surface area contributed by atoms with Crippen LogP contribution in [0.4, 0.5) is 5.69 Å². The van der Waals surface area contributed by atoms with Gasteiger partial charge >= 0.3 is 0 Å². The number of anilines is 1. The Bertz CT molecular complexity index is 1130. The summed E-state index contributed by atoms with van der Waals surface area (Å²) >= 11 is 1.12. The quantitative estimate of drug-likeness (QED) is 0.448. The summed E-state index contributed by atoms with van der Waals surface area (Å²) < 4.78 is 35.6. The number of ether oxygens (including phenoxy) is 1. The highest BCUT2D eigenvalue weighted by molar-refractivity contribution is 7.94. The minimum absolute atomic E-state index is 0.178. The van der Waals surface area contributed by atoms with Crippen LogP contribution in [0.3, 0.4) is 0 Å². The van der Waals surface area contributed by atoms with Crippen molar-refractivity contribution in [3.8, 4) is 5.75 Å². The molecule has 160 valence electrons. The molecular formula is C22H26N2O4S2. The first kappa shape index (κ1) is 22.1. The third-order valence-electron chi connectivity index (χ3n) is 5.00. The summed E-state index contributed by atoms with van der Waals surface area (Å²) in [5.41, 5.74) is 2.72. The van der Waals surface area contributed by atoms with Crippen molar-refractivity contribution in [3.63, 3.8) is 0 Å². The molecule has 6 nitrogen and oxygen atoms in total. The largest absolute Gasteiger partial charge is 0.495 e. The number of aryl methyl sites for hydroxylation is 1. The third kappa shape index (κ3) is 4.15. The van der Waals surface area contributed by atoms with Crippen molar-refractivity contribution in [3.05, 3.63) is 64.8 Å². The first-order valence-corrected chi connectivity index (χ1v) is 12.0. The van der Waals surface area contributed by atoms with Gasteiger partial charge in [0.05, 0.1) is 19.3 Å². The minimum Gasteiger partial charge on any atom is -0.495 e. The van der Waals surface area contributed by atoms with Gasteiger partial charge in [0.1, 0.15) is 9.96 Å². The van der Waals surface area contributed by atoms with Crippen molar-refractivity contribution >= 4 is 32.8 Å². The number of methoxy groups -OCH3 is 1. The van der Waals surface area contributed by atoms with Crippen LogP contribution in [0.25, 0.3) is 0 Å². The second kappa shape index (κ2) is 9.06. The van der Waals surface area contributed by atoms with Crippen LogP contribution < -0.4 is 9.04 Å². The molecule has 0 spiro atoms. The van der Waals surface area contributed by atoms with E-state index in [0.29, 0.717) is 17.0 Å². The molecule has 0 saturated heterocycles. The number of para-hydroxylation sites is 2. The van der Waals surface area contributed by atoms with Crippen LogP contribution in [-0.4, -0.2) is 32.4 Å². The lowest BCUT2D eigenvalue weighted by Gasteiger charge is -2.24. The van der Waals surface area contributed by atoms with E-state index < -0.39 is 10.0 Å². The summed E-state index contributed by atoms with van der Waals surface area (Å²) in [5, 5.41) is 1.70. The van der Waals surface area contributed by atoms with E-state index in [1.807, 2.05) is 19.9 Å². The summed E-state index contributed by atoms with van der Waals surface area (Å²) in [7, 11) is -2.45. The number of sulfonamides is 1. The number of hydrogen-bond acceptors (Lipinski definition) is 5. The number of nitrogens with zero attached hydrogens (tertiary/aromatic N) is 2. The first-order valence-electron chi connectivity index (χ1n) is 9.70. The Morgan fingerprint density at radius 2 is 1.90 bits per heavy atom. The number of carbonyl (C=O) groups is 1. The SMILES string of the molecule is CCCn1c(C)cc(C(=O)CN(c2ccccc2OC)S(=O)(=O)c2cccs2)c1C. The summed E-state index contributed by atoms with van der Waals surface area (Å²) in [5.74, 6) is 0.137. The van der Waals surface area contributed by atoms with Gasteiger partial charge in [-0.05, 0) is 49.9 Å². The molecule has 3 aromatic rings. The Kier molecular flexibility index (Phi) is 6.67. The molecule has 8 heteroatoms. The minimum atomic E-state index is -3.93. The normalized spacial score (nSPS) is 11.5. The lowest BCUT2D eigenvalue weighted by Crippen LogP contribution is -2.36. The van der Waals surface area contributed by atoms with Gasteiger partial charge in [0, 0.05) is 23.5 Å². The Hall–Kier alpha value is -2.58. The highest BCUT2D eigenvalue weighted by Crippen LogP contribution is 2.34. The van der Waals surface area contributed by atoms with Crippen molar-refractivity contribution in [2.45, 2.75) is 37.9 Å². The van der Waals surface area contributed by atoms with Crippen molar-refractivity contribution < 1.29 is 17.9 Å². The van der Waals surface area contributed by atoms with Crippen molar-refractivity contribution in [1.82, 2.24) is 4.57 Å². The summed E-state index contributed by atoms with van der Waals surface area (Å²) in [6.45, 7) is 6.44. The molecule has 0 aliphatic carbocycles. The number of hydrogen-bond donors (Lipinski definition) is 0. The van der Waals surface area contributed by atoms with Gasteiger partial charge in [-0.1, -0.05) is 25.1 Å². The molecule has 1 aromatic carbocycles. The average Bonchev–Trinajstić information content (AvgIpc) is 3.37. The molecule has 0 N–H and O–H groups in total. The molecule has 0 aliphatic heterocycles. The molecule has 0 amide bonds. The number of Topliss-reactive ketones (excluding diaryl/α,β-unsaturated/α-hetero) is 1. The van der Waals surface area contributed by atoms with Crippen LogP contribution in [0.2, 0.25) is 0 Å². The molecule has 3 rings (SSSR count). The molecule has 0 aliphatic rings. The molecule has 0 atom stereocenters. The van der Waals surface area contributed by atoms with Crippen LogP contribution in [0.1, 0.15) is 35.1 Å². The zero-order valence-corrected chi connectivity index (χ0v) is 19.2. The smallest absolute Gasteiger partial charge is 0.274 e. The average molecular weight is 447 g/mol. The van der Waals surface area contributed by atoms with Crippen LogP contribution in [-0.2, 0) is 16.6 Å². The fraction of sp³-hybridized carbons (Fsp3) is 0.318. The van der Waals surface area contributed by atoms with Gasteiger partial charge in [-0.25, -0.2) is 8.42 Å². The molecule has 0 fully saturated rings. The van der Waals surface area contributed by atoms with E-state index in [-0.39, 0.29) is 16.5 Å². The highest BCUT2D eigenvalue weighted by atomic mass is 32.2. The fourth-order valence-corrected chi connectivity index (χ4v) is 6.06. The Morgan fingerprint density at radius 3 is 2.53 bits per heavy atom. The number of benzene rings is 1. The second-order valence-electron chi connectivity index (χ2n) is 6.98. The number of rotatable bonds is 9. The van der Waals surface area contributed by atoms with Gasteiger partial charge in [-0.15, -0.1) is 11.3 Å². The summed E-state index contributed by atoms with van der Waals surface area (Å²) in [6, 6.07) is 11.9. The van der Waals surface area contributed by atoms with Gasteiger partial charge in [-0.3, -0.25) is 9.10 Å². The van der Waals surface area contributed by atoms with E-state index in [9.17, 15) is 13.2 Å². The molecule has 0 radical (unpaired) electrons. The van der Waals surface area contributed by atoms with Crippen LogP contribution in [0.5, 0.6) is 5.75 Å². The highest BCUT2D eigenvalue weighted by Gasteiger charge is 2.31. The van der Waals surface area contributed by atoms with E-state index in [0.717, 1.165) is 40.0 Å². The monoisotopic (exact) mass is 446 g/mol. The molecule has 0 saturated carbocycles. The van der Waals surface area contributed by atoms with Gasteiger partial charge in [0.25, 0.3) is 10.0 Å². The Morgan fingerprint density at radius 1 is 1.17 bits per heavy atom. The van der Waals surface area contributed by atoms with Gasteiger partial charge in [0.15, 0.2) is 5.78 Å². The maximum absolute atomic E-state index is 13.4. The predicted octanol–water partition coefficient (Wildman–Crippen LogP) is 4.66. The van der Waals surface area contributed by atoms with Crippen LogP contribution >= 0.6 is 11.3 Å². The van der Waals surface area contributed by atoms with E-state index in [4.69, 9.17) is 4.74 Å². The molecule has 2 heterocycles. The maximum Gasteiger partial charge on any atom is 0.274 e. The van der Waals surface area contributed by atoms with Crippen LogP contribution in [0.15, 0.2) is 52.1 Å². The lowest BCUT2D eigenvalue weighted by molar-refractivity contribution is 0.100. The number of aromatic nitrogens is 1. The van der Waals surface area contributed by atoms with E-state index in [1.165, 1.54) is 7.11 Å². The molecule has 2 aromatic heterocycles. The number of thiophene rings is 1. The first-order chi connectivity index (χ1) is 14.3. The number of carbonyl (C=O) groups excluding carboxylic acids is 1. The number of ketones is 1. The zero-order valence-electron chi connectivity index (χ0n) is 17.6. The summed E-state index contributed by atoms with van der Waals surface area (Å²) in [6.07, 6.45) is 0.948. The zero-order chi connectivity index (χ0) is 21.9. The summed E-state index contributed by atoms with van der Waals surface area (Å²) in [4.78, 5) is 13.3. The van der Waals surface area contributed by atoms with Crippen molar-refractivity contribution in [2.24, 2.45) is 0 Å². The molecule has 0 bridgehead atoms. The van der Waals surface area contributed by atoms with Crippen LogP contribution in [0, 0.1) is 13.8 Å². The van der Waals surface area contributed by atoms with E-state index in [1.54, 1.807) is 41.8 Å². The molecule has 0 unspecified atom stereocenters. The van der Waals surface area contributed by atoms with Gasteiger partial charge in [0.2, 0.25) is 0 Å². The van der Waals surface area contributed by atoms with Crippen molar-refractivity contribution in [1.29, 1.82) is 0 Å². The van der Waals surface area contributed by atoms with E-state index in [2.05, 4.69) is 11.5 Å². The Balaban J connectivity index is 2.06. The van der Waals surface area contributed by atoms with E-state index >= 15 is 0 Å². The van der Waals surface area contributed by atoms with Crippen molar-refractivity contribution in [2.75, 3.05) is 18.0 Å². The second-order valence-corrected chi connectivity index (χ2v) is 10.0. The Labute approximate surface area is 181 Å². The van der Waals surface area contributed by atoms with Gasteiger partial charge in [-0.2, -0.15) is 0 Å². The standard InChI is InChI=1S/C22H26N2O4S2/c1-5-12-23-16(2)14-18(17(23)3)20(25)15-24(19-9-6-7-10-21(19)28-4)30(26,27)22-11-8-13-29-22/h6-11,13-14H,5,12,15H2,1-4H3. The topological polar surface area (TPSA) is 68.6 Å². The maximum atomic E-state index is 13.4. The molecule has 30 heavy (non-hydrogen) atoms. The predicted molar refractivity (Wildman–Crippen MR) is 120 cm³/mol. The lowest BCUT2D eigenvalue weighted by atomic mass is 10.1.